The van der Waals surface area contributed by atoms with E-state index in [0.717, 1.165) is 12.1 Å². The number of carbonyl (C=O) groups excluding carboxylic acids is 2. The molecule has 0 spiro atoms. The largest absolute Gasteiger partial charge is 0.364 e. The summed E-state index contributed by atoms with van der Waals surface area (Å²) in [6.45, 7) is 0.752. The summed E-state index contributed by atoms with van der Waals surface area (Å²) in [4.78, 5) is 28.8. The first-order valence-electron chi connectivity index (χ1n) is 8.60. The lowest BCUT2D eigenvalue weighted by molar-refractivity contribution is -0.126. The molecule has 3 rings (SSSR count). The van der Waals surface area contributed by atoms with Crippen LogP contribution in [0.1, 0.15) is 28.9 Å². The Morgan fingerprint density at radius 2 is 2.08 bits per heavy atom. The maximum Gasteiger partial charge on any atom is 0.253 e. The molecule has 7 nitrogen and oxygen atoms in total. The molecule has 1 aromatic carbocycles. The number of nitrogens with two attached hydrogens (primary N) is 1. The van der Waals surface area contributed by atoms with Crippen molar-refractivity contribution in [2.75, 3.05) is 11.9 Å². The van der Waals surface area contributed by atoms with Gasteiger partial charge in [0, 0.05) is 24.0 Å². The van der Waals surface area contributed by atoms with Crippen molar-refractivity contribution in [3.63, 3.8) is 0 Å². The predicted octanol–water partition coefficient (Wildman–Crippen LogP) is 1.46. The number of carbonyl (C=O) groups is 2. The molecule has 2 heterocycles. The van der Waals surface area contributed by atoms with Gasteiger partial charge in [-0.15, -0.1) is 0 Å². The summed E-state index contributed by atoms with van der Waals surface area (Å²) in [5.74, 6) is -0.445. The van der Waals surface area contributed by atoms with Gasteiger partial charge in [-0.3, -0.25) is 14.6 Å². The summed E-state index contributed by atoms with van der Waals surface area (Å²) < 4.78 is 5.59. The van der Waals surface area contributed by atoms with Crippen molar-refractivity contribution >= 4 is 17.5 Å². The number of anilines is 1. The number of rotatable bonds is 6. The minimum Gasteiger partial charge on any atom is -0.364 e. The highest BCUT2D eigenvalue weighted by Crippen LogP contribution is 2.21. The van der Waals surface area contributed by atoms with Gasteiger partial charge in [-0.1, -0.05) is 12.1 Å². The van der Waals surface area contributed by atoms with E-state index in [2.05, 4.69) is 15.6 Å². The smallest absolute Gasteiger partial charge is 0.253 e. The zero-order chi connectivity index (χ0) is 18.4. The van der Waals surface area contributed by atoms with Crippen molar-refractivity contribution in [2.45, 2.75) is 31.6 Å². The molecule has 0 aliphatic carbocycles. The van der Waals surface area contributed by atoms with E-state index >= 15 is 0 Å². The Balaban J connectivity index is 1.57. The highest BCUT2D eigenvalue weighted by Gasteiger charge is 2.29. The van der Waals surface area contributed by atoms with Gasteiger partial charge in [-0.2, -0.15) is 0 Å². The molecule has 1 saturated heterocycles. The van der Waals surface area contributed by atoms with Crippen molar-refractivity contribution in [3.8, 4) is 0 Å². The second-order valence-electron chi connectivity index (χ2n) is 6.13. The van der Waals surface area contributed by atoms with Crippen molar-refractivity contribution in [1.82, 2.24) is 10.3 Å². The van der Waals surface area contributed by atoms with Gasteiger partial charge >= 0.3 is 0 Å². The Hall–Kier alpha value is -2.77. The summed E-state index contributed by atoms with van der Waals surface area (Å²) in [6, 6.07) is 12.3. The molecule has 136 valence electrons. The van der Waals surface area contributed by atoms with E-state index in [1.165, 1.54) is 0 Å². The van der Waals surface area contributed by atoms with Crippen LogP contribution in [0.2, 0.25) is 0 Å². The zero-order valence-electron chi connectivity index (χ0n) is 14.4. The quantitative estimate of drug-likeness (QED) is 0.728. The molecule has 1 aromatic heterocycles. The molecule has 1 aliphatic rings. The number of nitrogens with zero attached hydrogens (tertiary/aromatic N) is 1. The van der Waals surface area contributed by atoms with Crippen LogP contribution in [0.3, 0.4) is 0 Å². The van der Waals surface area contributed by atoms with Gasteiger partial charge in [0.05, 0.1) is 18.3 Å². The van der Waals surface area contributed by atoms with Crippen molar-refractivity contribution in [1.29, 1.82) is 0 Å². The lowest BCUT2D eigenvalue weighted by Crippen LogP contribution is -2.30. The monoisotopic (exact) mass is 354 g/mol. The molecule has 26 heavy (non-hydrogen) atoms. The Kier molecular flexibility index (Phi) is 5.93. The highest BCUT2D eigenvalue weighted by molar-refractivity contribution is 5.98. The SMILES string of the molecule is NC[C@H]1CC[C@@H](C(=O)Nc2cccc(C(=O)NCc3ccccn3)c2)O1. The predicted molar refractivity (Wildman–Crippen MR) is 97.4 cm³/mol. The number of amides is 2. The minimum absolute atomic E-state index is 0.0607. The topological polar surface area (TPSA) is 106 Å². The van der Waals surface area contributed by atoms with Gasteiger partial charge in [-0.25, -0.2) is 0 Å². The molecule has 1 fully saturated rings. The number of benzene rings is 1. The van der Waals surface area contributed by atoms with E-state index < -0.39 is 6.10 Å². The van der Waals surface area contributed by atoms with E-state index in [9.17, 15) is 9.59 Å². The highest BCUT2D eigenvalue weighted by atomic mass is 16.5. The Bertz CT molecular complexity index is 766. The molecule has 2 amide bonds. The standard InChI is InChI=1S/C19H22N4O3/c20-11-16-7-8-17(26-16)19(25)23-14-6-3-4-13(10-14)18(24)22-12-15-5-1-2-9-21-15/h1-6,9-10,16-17H,7-8,11-12,20H2,(H,22,24)(H,23,25)/t16-,17+/m1/s1. The first kappa shape index (κ1) is 18.0. The van der Waals surface area contributed by atoms with Gasteiger partial charge in [0.2, 0.25) is 0 Å². The number of hydrogen-bond acceptors (Lipinski definition) is 5. The number of aromatic nitrogens is 1. The zero-order valence-corrected chi connectivity index (χ0v) is 14.4. The summed E-state index contributed by atoms with van der Waals surface area (Å²) in [6.07, 6.45) is 2.56. The van der Waals surface area contributed by atoms with Gasteiger partial charge in [0.25, 0.3) is 11.8 Å². The molecule has 0 radical (unpaired) electrons. The minimum atomic E-state index is -0.495. The van der Waals surface area contributed by atoms with E-state index in [1.54, 1.807) is 30.5 Å². The molecule has 0 bridgehead atoms. The van der Waals surface area contributed by atoms with Crippen molar-refractivity contribution < 1.29 is 14.3 Å². The summed E-state index contributed by atoms with van der Waals surface area (Å²) in [7, 11) is 0. The molecule has 7 heteroatoms. The van der Waals surface area contributed by atoms with E-state index in [4.69, 9.17) is 10.5 Å². The van der Waals surface area contributed by atoms with Crippen LogP contribution >= 0.6 is 0 Å². The molecule has 0 unspecified atom stereocenters. The molecule has 1 aliphatic heterocycles. The van der Waals surface area contributed by atoms with Crippen LogP contribution < -0.4 is 16.4 Å². The molecule has 2 atom stereocenters. The summed E-state index contributed by atoms with van der Waals surface area (Å²) in [5, 5.41) is 5.61. The van der Waals surface area contributed by atoms with Crippen LogP contribution in [0.4, 0.5) is 5.69 Å². The van der Waals surface area contributed by atoms with Crippen LogP contribution in [-0.2, 0) is 16.1 Å². The average molecular weight is 354 g/mol. The van der Waals surface area contributed by atoms with Crippen LogP contribution in [-0.4, -0.2) is 35.6 Å². The van der Waals surface area contributed by atoms with E-state index in [1.807, 2.05) is 18.2 Å². The maximum absolute atomic E-state index is 12.3. The third-order valence-electron chi connectivity index (χ3n) is 4.21. The normalized spacial score (nSPS) is 19.1. The fraction of sp³-hybridized carbons (Fsp3) is 0.316. The number of nitrogens with one attached hydrogen (secondary N) is 2. The fourth-order valence-electron chi connectivity index (χ4n) is 2.81. The first-order valence-corrected chi connectivity index (χ1v) is 8.60. The molecule has 0 saturated carbocycles. The maximum atomic E-state index is 12.3. The van der Waals surface area contributed by atoms with Crippen LogP contribution in [0, 0.1) is 0 Å². The number of ether oxygens (including phenoxy) is 1. The Morgan fingerprint density at radius 3 is 2.81 bits per heavy atom. The second kappa shape index (κ2) is 8.55. The Labute approximate surface area is 151 Å². The fourth-order valence-corrected chi connectivity index (χ4v) is 2.81. The van der Waals surface area contributed by atoms with Crippen LogP contribution in [0.5, 0.6) is 0 Å². The molecular formula is C19H22N4O3. The van der Waals surface area contributed by atoms with Crippen LogP contribution in [0.15, 0.2) is 48.7 Å². The van der Waals surface area contributed by atoms with E-state index in [-0.39, 0.29) is 17.9 Å². The third kappa shape index (κ3) is 4.65. The number of pyridine rings is 1. The van der Waals surface area contributed by atoms with Gasteiger partial charge in [-0.05, 0) is 43.2 Å². The Morgan fingerprint density at radius 1 is 1.19 bits per heavy atom. The summed E-state index contributed by atoms with van der Waals surface area (Å²) >= 11 is 0. The third-order valence-corrected chi connectivity index (χ3v) is 4.21. The molecular weight excluding hydrogens is 332 g/mol. The summed E-state index contributed by atoms with van der Waals surface area (Å²) in [5.41, 5.74) is 7.36. The molecule has 2 aromatic rings. The average Bonchev–Trinajstić information content (AvgIpc) is 3.16. The second-order valence-corrected chi connectivity index (χ2v) is 6.13. The van der Waals surface area contributed by atoms with Gasteiger partial charge < -0.3 is 21.1 Å². The lowest BCUT2D eigenvalue weighted by Gasteiger charge is -2.13. The first-order chi connectivity index (χ1) is 12.7. The van der Waals surface area contributed by atoms with Gasteiger partial charge in [0.15, 0.2) is 0 Å². The van der Waals surface area contributed by atoms with Crippen molar-refractivity contribution in [3.05, 3.63) is 59.9 Å². The lowest BCUT2D eigenvalue weighted by atomic mass is 10.1. The van der Waals surface area contributed by atoms with E-state index in [0.29, 0.717) is 30.8 Å². The van der Waals surface area contributed by atoms with Crippen molar-refractivity contribution in [2.24, 2.45) is 5.73 Å². The van der Waals surface area contributed by atoms with Crippen LogP contribution in [0.25, 0.3) is 0 Å². The molecule has 4 N–H and O–H groups in total. The number of hydrogen-bond donors (Lipinski definition) is 3. The van der Waals surface area contributed by atoms with Gasteiger partial charge in [0.1, 0.15) is 6.10 Å².